The van der Waals surface area contributed by atoms with Gasteiger partial charge in [0.15, 0.2) is 10.7 Å². The van der Waals surface area contributed by atoms with Crippen LogP contribution in [0.1, 0.15) is 26.7 Å². The van der Waals surface area contributed by atoms with E-state index >= 15 is 0 Å². The molecule has 0 aromatic carbocycles. The topological polar surface area (TPSA) is 22.1 Å². The lowest BCUT2D eigenvalue weighted by Crippen LogP contribution is -2.46. The molecule has 0 bridgehead atoms. The Balaban J connectivity index is 0.00000200. The zero-order chi connectivity index (χ0) is 14.0. The molecule has 3 atom stereocenters. The zero-order valence-corrected chi connectivity index (χ0v) is 16.4. The summed E-state index contributed by atoms with van der Waals surface area (Å²) in [7, 11) is 10.1. The number of halogens is 1. The van der Waals surface area contributed by atoms with Crippen LogP contribution in [0.2, 0.25) is 0 Å². The highest BCUT2D eigenvalue weighted by atomic mass is 79.9. The van der Waals surface area contributed by atoms with Crippen molar-refractivity contribution in [3.05, 3.63) is 0 Å². The Morgan fingerprint density at radius 3 is 2.40 bits per heavy atom. The fourth-order valence-corrected chi connectivity index (χ4v) is 5.08. The van der Waals surface area contributed by atoms with Crippen molar-refractivity contribution in [2.45, 2.75) is 44.3 Å². The van der Waals surface area contributed by atoms with Crippen LogP contribution in [0.15, 0.2) is 4.99 Å². The fraction of sp³-hybridized carbons (Fsp3) is 0.923. The molecule has 0 amide bonds. The highest BCUT2D eigenvalue weighted by molar-refractivity contribution is 8.93. The van der Waals surface area contributed by atoms with Crippen molar-refractivity contribution < 1.29 is 0 Å². The summed E-state index contributed by atoms with van der Waals surface area (Å²) >= 11 is 0. The summed E-state index contributed by atoms with van der Waals surface area (Å²) in [6, 6.07) is 1.28. The Hall–Kier alpha value is 0.570. The molecule has 1 saturated heterocycles. The number of nitrogens with zero attached hydrogens (tertiary/aromatic N) is 4. The molecule has 0 N–H and O–H groups in total. The van der Waals surface area contributed by atoms with Crippen LogP contribution < -0.4 is 0 Å². The van der Waals surface area contributed by atoms with E-state index in [0.717, 1.165) is 11.7 Å². The van der Waals surface area contributed by atoms with Crippen LogP contribution in [0.25, 0.3) is 0 Å². The number of amidine groups is 1. The molecule has 2 aliphatic rings. The normalized spacial score (nSPS) is 33.0. The first-order valence-electron chi connectivity index (χ1n) is 7.03. The second kappa shape index (κ2) is 8.27. The van der Waals surface area contributed by atoms with Crippen LogP contribution in [0.5, 0.6) is 0 Å². The molecule has 118 valence electrons. The largest absolute Gasteiger partial charge is 0.357 e. The summed E-state index contributed by atoms with van der Waals surface area (Å²) in [5.74, 6) is 0. The molecule has 3 unspecified atom stereocenters. The summed E-state index contributed by atoms with van der Waals surface area (Å²) < 4.78 is 0. The van der Waals surface area contributed by atoms with Gasteiger partial charge in [-0.1, -0.05) is 0 Å². The van der Waals surface area contributed by atoms with Gasteiger partial charge in [0.1, 0.15) is 0 Å². The molecule has 20 heavy (non-hydrogen) atoms. The SMILES string of the molecule is Br.CC1CCN(C2N=C(N(C)C)SS2)C(C)CCN1C. The Bertz CT molecular complexity index is 340. The Morgan fingerprint density at radius 1 is 1.15 bits per heavy atom. The van der Waals surface area contributed by atoms with Gasteiger partial charge in [-0.3, -0.25) is 4.90 Å². The Labute approximate surface area is 141 Å². The number of hydrogen-bond donors (Lipinski definition) is 0. The van der Waals surface area contributed by atoms with Gasteiger partial charge >= 0.3 is 0 Å². The highest BCUT2D eigenvalue weighted by Crippen LogP contribution is 2.39. The van der Waals surface area contributed by atoms with E-state index in [4.69, 9.17) is 4.99 Å². The molecular weight excluding hydrogens is 356 g/mol. The fourth-order valence-electron chi connectivity index (χ4n) is 2.42. The van der Waals surface area contributed by atoms with Gasteiger partial charge in [-0.15, -0.1) is 17.0 Å². The van der Waals surface area contributed by atoms with E-state index < -0.39 is 0 Å². The van der Waals surface area contributed by atoms with Crippen molar-refractivity contribution >= 4 is 43.7 Å². The van der Waals surface area contributed by atoms with Gasteiger partial charge in [0.25, 0.3) is 0 Å². The molecule has 0 aromatic rings. The van der Waals surface area contributed by atoms with Crippen molar-refractivity contribution in [1.82, 2.24) is 14.7 Å². The summed E-state index contributed by atoms with van der Waals surface area (Å²) in [5.41, 5.74) is 0.299. The maximum absolute atomic E-state index is 4.86. The number of aliphatic imine (C=N–C) groups is 1. The summed E-state index contributed by atoms with van der Waals surface area (Å²) in [6.45, 7) is 7.01. The second-order valence-corrected chi connectivity index (χ2v) is 8.03. The van der Waals surface area contributed by atoms with Crippen LogP contribution in [0, 0.1) is 0 Å². The molecule has 0 saturated carbocycles. The summed E-state index contributed by atoms with van der Waals surface area (Å²) in [6.07, 6.45) is 2.46. The number of hydrogen-bond acceptors (Lipinski definition) is 6. The summed E-state index contributed by atoms with van der Waals surface area (Å²) in [5, 5.41) is 1.15. The quantitative estimate of drug-likeness (QED) is 0.648. The van der Waals surface area contributed by atoms with Crippen molar-refractivity contribution in [1.29, 1.82) is 0 Å². The van der Waals surface area contributed by atoms with E-state index in [1.54, 1.807) is 0 Å². The lowest BCUT2D eigenvalue weighted by atomic mass is 10.1. The third-order valence-electron chi connectivity index (χ3n) is 4.12. The molecule has 0 radical (unpaired) electrons. The van der Waals surface area contributed by atoms with E-state index in [2.05, 4.69) is 49.7 Å². The standard InChI is InChI=1S/C13H26N4S2.BrH/c1-10-7-9-17(11(2)6-8-16(10)5)13-14-12(15(3)4)18-19-13;/h10-11,13H,6-9H2,1-5H3;1H. The van der Waals surface area contributed by atoms with Gasteiger partial charge < -0.3 is 9.80 Å². The van der Waals surface area contributed by atoms with Crippen LogP contribution >= 0.6 is 38.6 Å². The zero-order valence-electron chi connectivity index (χ0n) is 13.1. The van der Waals surface area contributed by atoms with E-state index in [1.807, 2.05) is 21.6 Å². The first kappa shape index (κ1) is 18.6. The van der Waals surface area contributed by atoms with Gasteiger partial charge in [0.2, 0.25) is 0 Å². The first-order chi connectivity index (χ1) is 8.99. The van der Waals surface area contributed by atoms with Crippen molar-refractivity contribution in [2.24, 2.45) is 4.99 Å². The van der Waals surface area contributed by atoms with Gasteiger partial charge in [-0.25, -0.2) is 4.99 Å². The van der Waals surface area contributed by atoms with Gasteiger partial charge in [-0.2, -0.15) is 0 Å². The van der Waals surface area contributed by atoms with Crippen molar-refractivity contribution in [3.63, 3.8) is 0 Å². The summed E-state index contributed by atoms with van der Waals surface area (Å²) in [4.78, 5) is 12.0. The maximum atomic E-state index is 4.86. The van der Waals surface area contributed by atoms with E-state index in [-0.39, 0.29) is 17.0 Å². The molecule has 0 spiro atoms. The third kappa shape index (κ3) is 4.53. The molecule has 0 aromatic heterocycles. The second-order valence-electron chi connectivity index (χ2n) is 5.81. The van der Waals surface area contributed by atoms with Crippen LogP contribution in [-0.4, -0.2) is 71.7 Å². The minimum Gasteiger partial charge on any atom is -0.357 e. The van der Waals surface area contributed by atoms with E-state index in [9.17, 15) is 0 Å². The highest BCUT2D eigenvalue weighted by Gasteiger charge is 2.31. The van der Waals surface area contributed by atoms with Gasteiger partial charge in [0.05, 0.1) is 0 Å². The third-order valence-corrected chi connectivity index (χ3v) is 6.64. The minimum absolute atomic E-state index is 0. The molecule has 0 aliphatic carbocycles. The average molecular weight is 383 g/mol. The monoisotopic (exact) mass is 382 g/mol. The Kier molecular flexibility index (Phi) is 7.70. The smallest absolute Gasteiger partial charge is 0.172 e. The molecule has 1 fully saturated rings. The molecule has 4 nitrogen and oxygen atoms in total. The van der Waals surface area contributed by atoms with Crippen LogP contribution in [0.3, 0.4) is 0 Å². The predicted molar refractivity (Wildman–Crippen MR) is 97.9 cm³/mol. The minimum atomic E-state index is 0. The lowest BCUT2D eigenvalue weighted by molar-refractivity contribution is 0.115. The first-order valence-corrected chi connectivity index (χ1v) is 9.24. The van der Waals surface area contributed by atoms with Gasteiger partial charge in [-0.05, 0) is 61.9 Å². The molecule has 2 heterocycles. The molecule has 7 heteroatoms. The van der Waals surface area contributed by atoms with E-state index in [0.29, 0.717) is 17.6 Å². The predicted octanol–water partition coefficient (Wildman–Crippen LogP) is 2.97. The molecular formula is C13H27BrN4S2. The maximum Gasteiger partial charge on any atom is 0.172 e. The lowest BCUT2D eigenvalue weighted by Gasteiger charge is -2.38. The molecule has 2 rings (SSSR count). The van der Waals surface area contributed by atoms with Gasteiger partial charge in [0, 0.05) is 32.7 Å². The van der Waals surface area contributed by atoms with E-state index in [1.165, 1.54) is 19.4 Å². The average Bonchev–Trinajstić information content (AvgIpc) is 2.84. The Morgan fingerprint density at radius 2 is 1.80 bits per heavy atom. The van der Waals surface area contributed by atoms with Crippen molar-refractivity contribution in [3.8, 4) is 0 Å². The van der Waals surface area contributed by atoms with Crippen molar-refractivity contribution in [2.75, 3.05) is 34.2 Å². The number of rotatable bonds is 1. The van der Waals surface area contributed by atoms with Crippen LogP contribution in [-0.2, 0) is 0 Å². The molecule has 2 aliphatic heterocycles. The van der Waals surface area contributed by atoms with Crippen LogP contribution in [0.4, 0.5) is 0 Å².